The molecule has 2 unspecified atom stereocenters. The zero-order chi connectivity index (χ0) is 23.5. The number of urea groups is 1. The maximum atomic E-state index is 12.8. The molecule has 0 aromatic heterocycles. The fourth-order valence-corrected chi connectivity index (χ4v) is 4.73. The van der Waals surface area contributed by atoms with Gasteiger partial charge < -0.3 is 14.5 Å². The van der Waals surface area contributed by atoms with Gasteiger partial charge in [0.1, 0.15) is 6.04 Å². The van der Waals surface area contributed by atoms with Gasteiger partial charge in [-0.15, -0.1) is 0 Å². The Kier molecular flexibility index (Phi) is 6.85. The number of ether oxygens (including phenoxy) is 1. The summed E-state index contributed by atoms with van der Waals surface area (Å²) in [7, 11) is 1.44. The number of esters is 1. The van der Waals surface area contributed by atoms with Gasteiger partial charge in [-0.3, -0.25) is 4.90 Å². The Bertz CT molecular complexity index is 958. The second kappa shape index (κ2) is 9.80. The topological polar surface area (TPSA) is 68.4 Å². The number of carbonyl (C=O) groups is 2. The number of rotatable bonds is 6. The number of hydrazine groups is 1. The van der Waals surface area contributed by atoms with Crippen LogP contribution < -0.4 is 15.3 Å². The summed E-state index contributed by atoms with van der Waals surface area (Å²) in [6.07, 6.45) is -0.0439. The molecule has 2 aromatic rings. The molecule has 4 rings (SSSR count). The molecule has 33 heavy (non-hydrogen) atoms. The van der Waals surface area contributed by atoms with E-state index in [2.05, 4.69) is 27.4 Å². The van der Waals surface area contributed by atoms with Crippen LogP contribution in [0.25, 0.3) is 0 Å². The molecule has 2 heterocycles. The number of nitrogens with zero attached hydrogens (tertiary/aromatic N) is 4. The first-order chi connectivity index (χ1) is 15.9. The molecule has 176 valence electrons. The van der Waals surface area contributed by atoms with E-state index in [1.165, 1.54) is 7.11 Å². The van der Waals surface area contributed by atoms with Gasteiger partial charge in [0.2, 0.25) is 0 Å². The van der Waals surface area contributed by atoms with Gasteiger partial charge in [0.25, 0.3) is 0 Å². The minimum absolute atomic E-state index is 0.0337. The molecule has 2 aliphatic heterocycles. The number of piperazine rings is 1. The minimum Gasteiger partial charge on any atom is -0.468 e. The van der Waals surface area contributed by atoms with Crippen molar-refractivity contribution in [3.63, 3.8) is 0 Å². The van der Waals surface area contributed by atoms with E-state index in [0.717, 1.165) is 43.1 Å². The van der Waals surface area contributed by atoms with E-state index in [1.54, 1.807) is 5.01 Å². The molecular weight excluding hydrogens is 418 g/mol. The molecule has 2 saturated heterocycles. The van der Waals surface area contributed by atoms with Gasteiger partial charge in [-0.05, 0) is 50.6 Å². The number of amides is 2. The van der Waals surface area contributed by atoms with Gasteiger partial charge in [-0.2, -0.15) is 0 Å². The van der Waals surface area contributed by atoms with Crippen LogP contribution in [0.3, 0.4) is 0 Å². The summed E-state index contributed by atoms with van der Waals surface area (Å²) in [5.74, 6) is -0.230. The lowest BCUT2D eigenvalue weighted by atomic mass is 10.0. The van der Waals surface area contributed by atoms with E-state index in [-0.39, 0.29) is 30.2 Å². The van der Waals surface area contributed by atoms with E-state index < -0.39 is 0 Å². The van der Waals surface area contributed by atoms with Crippen LogP contribution in [0.5, 0.6) is 0 Å². The Morgan fingerprint density at radius 3 is 2.12 bits per heavy atom. The Morgan fingerprint density at radius 2 is 1.58 bits per heavy atom. The van der Waals surface area contributed by atoms with Crippen LogP contribution in [-0.4, -0.2) is 67.3 Å². The van der Waals surface area contributed by atoms with Crippen LogP contribution in [-0.2, 0) is 9.53 Å². The highest BCUT2D eigenvalue weighted by Gasteiger charge is 2.37. The summed E-state index contributed by atoms with van der Waals surface area (Å²) >= 11 is 0. The lowest BCUT2D eigenvalue weighted by molar-refractivity contribution is -0.147. The Hall–Kier alpha value is -3.10. The molecule has 2 fully saturated rings. The second-order valence-corrected chi connectivity index (χ2v) is 8.80. The fourth-order valence-electron chi connectivity index (χ4n) is 4.73. The van der Waals surface area contributed by atoms with Gasteiger partial charge in [0.15, 0.2) is 0 Å². The quantitative estimate of drug-likeness (QED) is 0.681. The molecule has 2 atom stereocenters. The van der Waals surface area contributed by atoms with Gasteiger partial charge in [-0.25, -0.2) is 20.0 Å². The number of anilines is 2. The Labute approximate surface area is 195 Å². The standard InChI is InChI=1S/C25H33N5O3/c1-18(2)29-19(3)26-30(25(29)32)22-12-10-21(11-13-22)27-14-16-28(17-15-27)23(24(31)33-4)20-8-6-5-7-9-20/h5-13,18-19,23,26H,14-17H2,1-4H3. The number of methoxy groups -OCH3 is 1. The molecule has 8 heteroatoms. The zero-order valence-electron chi connectivity index (χ0n) is 19.8. The summed E-state index contributed by atoms with van der Waals surface area (Å²) in [4.78, 5) is 31.6. The summed E-state index contributed by atoms with van der Waals surface area (Å²) in [5, 5.41) is 1.62. The Balaban J connectivity index is 1.41. The first-order valence-electron chi connectivity index (χ1n) is 11.5. The van der Waals surface area contributed by atoms with Crippen LogP contribution in [0.4, 0.5) is 16.2 Å². The average Bonchev–Trinajstić information content (AvgIpc) is 3.14. The van der Waals surface area contributed by atoms with E-state index in [1.807, 2.05) is 68.1 Å². The normalized spacial score (nSPS) is 20.5. The molecule has 2 aromatic carbocycles. The lowest BCUT2D eigenvalue weighted by Crippen LogP contribution is -2.49. The van der Waals surface area contributed by atoms with Crippen molar-refractivity contribution in [3.8, 4) is 0 Å². The van der Waals surface area contributed by atoms with Crippen molar-refractivity contribution in [1.29, 1.82) is 0 Å². The van der Waals surface area contributed by atoms with Crippen LogP contribution in [0.2, 0.25) is 0 Å². The molecular formula is C25H33N5O3. The van der Waals surface area contributed by atoms with Crippen LogP contribution in [0.1, 0.15) is 32.4 Å². The molecule has 1 N–H and O–H groups in total. The van der Waals surface area contributed by atoms with E-state index in [0.29, 0.717) is 0 Å². The van der Waals surface area contributed by atoms with E-state index in [9.17, 15) is 9.59 Å². The number of carbonyl (C=O) groups excluding carboxylic acids is 2. The van der Waals surface area contributed by atoms with Crippen molar-refractivity contribution in [2.24, 2.45) is 0 Å². The van der Waals surface area contributed by atoms with Crippen molar-refractivity contribution in [3.05, 3.63) is 60.2 Å². The molecule has 0 spiro atoms. The highest BCUT2D eigenvalue weighted by molar-refractivity contribution is 5.93. The van der Waals surface area contributed by atoms with E-state index >= 15 is 0 Å². The summed E-state index contributed by atoms with van der Waals surface area (Å²) in [5.41, 5.74) is 6.13. The van der Waals surface area contributed by atoms with Gasteiger partial charge in [0, 0.05) is 37.9 Å². The minimum atomic E-state index is -0.390. The third-order valence-corrected chi connectivity index (χ3v) is 6.39. The van der Waals surface area contributed by atoms with Crippen molar-refractivity contribution >= 4 is 23.4 Å². The summed E-state index contributed by atoms with van der Waals surface area (Å²) in [6, 6.07) is 17.6. The van der Waals surface area contributed by atoms with E-state index in [4.69, 9.17) is 4.74 Å². The SMILES string of the molecule is COC(=O)C(c1ccccc1)N1CCN(c2ccc(N3NC(C)N(C(C)C)C3=O)cc2)CC1. The number of hydrogen-bond donors (Lipinski definition) is 1. The smallest absolute Gasteiger partial charge is 0.340 e. The maximum absolute atomic E-state index is 12.8. The van der Waals surface area contributed by atoms with Crippen molar-refractivity contribution in [1.82, 2.24) is 15.2 Å². The molecule has 2 aliphatic rings. The van der Waals surface area contributed by atoms with Crippen molar-refractivity contribution < 1.29 is 14.3 Å². The molecule has 8 nitrogen and oxygen atoms in total. The monoisotopic (exact) mass is 451 g/mol. The fraction of sp³-hybridized carbons (Fsp3) is 0.440. The highest BCUT2D eigenvalue weighted by Crippen LogP contribution is 2.28. The lowest BCUT2D eigenvalue weighted by Gasteiger charge is -2.39. The summed E-state index contributed by atoms with van der Waals surface area (Å²) < 4.78 is 5.10. The third kappa shape index (κ3) is 4.67. The summed E-state index contributed by atoms with van der Waals surface area (Å²) in [6.45, 7) is 9.14. The van der Waals surface area contributed by atoms with Crippen molar-refractivity contribution in [2.45, 2.75) is 39.0 Å². The predicted molar refractivity (Wildman–Crippen MR) is 129 cm³/mol. The second-order valence-electron chi connectivity index (χ2n) is 8.80. The number of hydrogen-bond acceptors (Lipinski definition) is 6. The molecule has 0 saturated carbocycles. The molecule has 0 bridgehead atoms. The van der Waals surface area contributed by atoms with Crippen LogP contribution >= 0.6 is 0 Å². The maximum Gasteiger partial charge on any atom is 0.340 e. The number of benzene rings is 2. The molecule has 2 amide bonds. The number of nitrogens with one attached hydrogen (secondary N) is 1. The first kappa shape index (κ1) is 23.1. The van der Waals surface area contributed by atoms with Gasteiger partial charge in [0.05, 0.1) is 19.0 Å². The highest BCUT2D eigenvalue weighted by atomic mass is 16.5. The largest absolute Gasteiger partial charge is 0.468 e. The predicted octanol–water partition coefficient (Wildman–Crippen LogP) is 3.22. The molecule has 0 aliphatic carbocycles. The Morgan fingerprint density at radius 1 is 0.970 bits per heavy atom. The molecule has 0 radical (unpaired) electrons. The van der Waals surface area contributed by atoms with Crippen molar-refractivity contribution in [2.75, 3.05) is 43.2 Å². The average molecular weight is 452 g/mol. The third-order valence-electron chi connectivity index (χ3n) is 6.39. The van der Waals surface area contributed by atoms with Gasteiger partial charge in [-0.1, -0.05) is 30.3 Å². The van der Waals surface area contributed by atoms with Crippen LogP contribution in [0, 0.1) is 0 Å². The van der Waals surface area contributed by atoms with Crippen LogP contribution in [0.15, 0.2) is 54.6 Å². The first-order valence-corrected chi connectivity index (χ1v) is 11.5. The zero-order valence-corrected chi connectivity index (χ0v) is 19.8. The van der Waals surface area contributed by atoms with Gasteiger partial charge >= 0.3 is 12.0 Å².